The molecule has 0 spiro atoms. The molecule has 1 aromatic heterocycles. The van der Waals surface area contributed by atoms with Gasteiger partial charge in [0.25, 0.3) is 5.91 Å². The molecule has 1 aromatic carbocycles. The smallest absolute Gasteiger partial charge is 0.266 e. The van der Waals surface area contributed by atoms with Gasteiger partial charge in [0, 0.05) is 25.8 Å². The lowest BCUT2D eigenvalue weighted by Crippen LogP contribution is -2.40. The molecule has 1 atom stereocenters. The number of hydrogen-bond donors (Lipinski definition) is 0. The quantitative estimate of drug-likeness (QED) is 0.652. The molecular weight excluding hydrogens is 412 g/mol. The van der Waals surface area contributed by atoms with Gasteiger partial charge in [-0.15, -0.1) is 0 Å². The summed E-state index contributed by atoms with van der Waals surface area (Å²) in [4.78, 5) is 17.0. The third-order valence-electron chi connectivity index (χ3n) is 4.48. The van der Waals surface area contributed by atoms with Gasteiger partial charge in [-0.3, -0.25) is 4.79 Å². The summed E-state index contributed by atoms with van der Waals surface area (Å²) in [5.74, 6) is -2.09. The maximum atomic E-state index is 14.4. The van der Waals surface area contributed by atoms with Crippen molar-refractivity contribution in [1.82, 2.24) is 8.87 Å². The molecule has 1 aliphatic heterocycles. The zero-order valence-electron chi connectivity index (χ0n) is 15.5. The van der Waals surface area contributed by atoms with E-state index in [1.807, 2.05) is 6.92 Å². The van der Waals surface area contributed by atoms with E-state index in [-0.39, 0.29) is 30.0 Å². The Kier molecular flexibility index (Phi) is 6.28. The van der Waals surface area contributed by atoms with Gasteiger partial charge < -0.3 is 9.30 Å². The summed E-state index contributed by atoms with van der Waals surface area (Å²) in [5.41, 5.74) is 0.143. The zero-order valence-corrected chi connectivity index (χ0v) is 17.2. The summed E-state index contributed by atoms with van der Waals surface area (Å²) in [5, 5.41) is 0. The van der Waals surface area contributed by atoms with Crippen LogP contribution in [0.3, 0.4) is 0 Å². The number of thiazole rings is 1. The fourth-order valence-corrected chi connectivity index (χ4v) is 5.49. The van der Waals surface area contributed by atoms with Crippen molar-refractivity contribution in [3.63, 3.8) is 0 Å². The van der Waals surface area contributed by atoms with Gasteiger partial charge in [-0.1, -0.05) is 11.3 Å². The molecule has 154 valence electrons. The Balaban J connectivity index is 2.06. The van der Waals surface area contributed by atoms with Crippen LogP contribution in [0.1, 0.15) is 19.8 Å². The van der Waals surface area contributed by atoms with E-state index in [0.717, 1.165) is 28.0 Å². The molecule has 28 heavy (non-hydrogen) atoms. The topological polar surface area (TPSA) is 81.0 Å². The third-order valence-corrected chi connectivity index (χ3v) is 6.79. The molecule has 0 N–H and O–H groups in total. The number of benzene rings is 1. The van der Waals surface area contributed by atoms with E-state index in [1.165, 1.54) is 10.6 Å². The van der Waals surface area contributed by atoms with Crippen LogP contribution in [0.2, 0.25) is 0 Å². The number of nitrogens with zero attached hydrogens (tertiary/aromatic N) is 3. The van der Waals surface area contributed by atoms with Gasteiger partial charge in [0.05, 0.1) is 23.1 Å². The predicted octanol–water partition coefficient (Wildman–Crippen LogP) is 1.87. The van der Waals surface area contributed by atoms with E-state index < -0.39 is 33.6 Å². The van der Waals surface area contributed by atoms with Crippen molar-refractivity contribution in [3.05, 3.63) is 28.6 Å². The lowest BCUT2D eigenvalue weighted by molar-refractivity contribution is -0.121. The lowest BCUT2D eigenvalue weighted by Gasteiger charge is -2.18. The maximum Gasteiger partial charge on any atom is 0.266 e. The molecule has 0 saturated carbocycles. The summed E-state index contributed by atoms with van der Waals surface area (Å²) in [6.45, 7) is 3.04. The number of sulfonamides is 1. The minimum atomic E-state index is -3.53. The van der Waals surface area contributed by atoms with Crippen LogP contribution >= 0.6 is 11.3 Å². The van der Waals surface area contributed by atoms with Gasteiger partial charge in [0.15, 0.2) is 10.6 Å². The highest BCUT2D eigenvalue weighted by Crippen LogP contribution is 2.24. The molecule has 2 aromatic rings. The summed E-state index contributed by atoms with van der Waals surface area (Å²) in [7, 11) is -3.53. The molecule has 0 aliphatic carbocycles. The van der Waals surface area contributed by atoms with Gasteiger partial charge in [-0.2, -0.15) is 9.30 Å². The van der Waals surface area contributed by atoms with Gasteiger partial charge in [0.1, 0.15) is 11.9 Å². The molecule has 1 saturated heterocycles. The first-order valence-electron chi connectivity index (χ1n) is 8.84. The maximum absolute atomic E-state index is 14.4. The van der Waals surface area contributed by atoms with Crippen molar-refractivity contribution >= 4 is 37.5 Å². The van der Waals surface area contributed by atoms with Crippen molar-refractivity contribution < 1.29 is 26.7 Å². The number of fused-ring (bicyclic) bond motifs is 1. The van der Waals surface area contributed by atoms with E-state index >= 15 is 0 Å². The first kappa shape index (κ1) is 21.0. The van der Waals surface area contributed by atoms with Crippen molar-refractivity contribution in [3.8, 4) is 0 Å². The highest BCUT2D eigenvalue weighted by atomic mass is 32.2. The van der Waals surface area contributed by atoms with Crippen LogP contribution in [-0.2, 0) is 26.1 Å². The molecule has 7 nitrogen and oxygen atoms in total. The highest BCUT2D eigenvalue weighted by Gasteiger charge is 2.36. The molecule has 1 unspecified atom stereocenters. The van der Waals surface area contributed by atoms with Gasteiger partial charge in [-0.05, 0) is 25.8 Å². The summed E-state index contributed by atoms with van der Waals surface area (Å²) in [6, 6.07) is 1.09. The van der Waals surface area contributed by atoms with E-state index in [2.05, 4.69) is 4.99 Å². The first-order valence-corrected chi connectivity index (χ1v) is 11.5. The van der Waals surface area contributed by atoms with Crippen LogP contribution in [0, 0.1) is 11.6 Å². The molecule has 1 amide bonds. The second-order valence-corrected chi connectivity index (χ2v) is 9.39. The third kappa shape index (κ3) is 4.32. The number of amides is 1. The number of rotatable bonds is 6. The van der Waals surface area contributed by atoms with E-state index in [9.17, 15) is 22.0 Å². The molecule has 11 heteroatoms. The Hall–Kier alpha value is -1.69. The zero-order chi connectivity index (χ0) is 20.5. The second kappa shape index (κ2) is 8.36. The van der Waals surface area contributed by atoms with E-state index in [1.54, 1.807) is 0 Å². The van der Waals surface area contributed by atoms with Crippen LogP contribution in [-0.4, -0.2) is 55.3 Å². The highest BCUT2D eigenvalue weighted by molar-refractivity contribution is 7.88. The molecule has 0 bridgehead atoms. The monoisotopic (exact) mass is 433 g/mol. The minimum Gasteiger partial charge on any atom is -0.380 e. The minimum absolute atomic E-state index is 0.143. The summed E-state index contributed by atoms with van der Waals surface area (Å²) in [6.07, 6.45) is 2.00. The van der Waals surface area contributed by atoms with Gasteiger partial charge in [0.2, 0.25) is 10.0 Å². The van der Waals surface area contributed by atoms with E-state index in [0.29, 0.717) is 24.1 Å². The Labute approximate surface area is 165 Å². The first-order chi connectivity index (χ1) is 13.2. The molecule has 3 rings (SSSR count). The van der Waals surface area contributed by atoms with Crippen molar-refractivity contribution in [2.24, 2.45) is 4.99 Å². The van der Waals surface area contributed by atoms with Crippen molar-refractivity contribution in [1.29, 1.82) is 0 Å². The number of carbonyl (C=O) groups is 1. The van der Waals surface area contributed by atoms with Gasteiger partial charge >= 0.3 is 0 Å². The fraction of sp³-hybridized carbons (Fsp3) is 0.529. The van der Waals surface area contributed by atoms with E-state index in [4.69, 9.17) is 4.74 Å². The largest absolute Gasteiger partial charge is 0.380 e. The average molecular weight is 434 g/mol. The fourth-order valence-electron chi connectivity index (χ4n) is 3.27. The standard InChI is InChI=1S/C17H21F2N3O4S2/c1-3-26-8-7-21-15-12(19)9-11(18)10-14(15)27-17(21)20-16(23)13-5-4-6-22(13)28(2,24)25/h9-10,13H,3-8H2,1-2H3. The number of carbonyl (C=O) groups excluding carboxylic acids is 1. The van der Waals surface area contributed by atoms with Crippen LogP contribution in [0.25, 0.3) is 10.2 Å². The van der Waals surface area contributed by atoms with Crippen LogP contribution in [0.15, 0.2) is 17.1 Å². The molecular formula is C17H21F2N3O4S2. The Bertz CT molecular complexity index is 1060. The van der Waals surface area contributed by atoms with Crippen LogP contribution in [0.5, 0.6) is 0 Å². The number of halogens is 2. The number of hydrogen-bond acceptors (Lipinski definition) is 5. The number of aromatic nitrogens is 1. The number of ether oxygens (including phenoxy) is 1. The SMILES string of the molecule is CCOCCn1c(=NC(=O)C2CCCN2S(C)(=O)=O)sc2cc(F)cc(F)c21. The summed E-state index contributed by atoms with van der Waals surface area (Å²) >= 11 is 0.978. The summed E-state index contributed by atoms with van der Waals surface area (Å²) < 4.78 is 60.0. The second-order valence-electron chi connectivity index (χ2n) is 6.45. The molecule has 1 fully saturated rings. The predicted molar refractivity (Wildman–Crippen MR) is 101 cm³/mol. The van der Waals surface area contributed by atoms with Crippen molar-refractivity contribution in [2.45, 2.75) is 32.4 Å². The van der Waals surface area contributed by atoms with Crippen LogP contribution in [0.4, 0.5) is 8.78 Å². The Morgan fingerprint density at radius 1 is 1.39 bits per heavy atom. The molecule has 0 radical (unpaired) electrons. The van der Waals surface area contributed by atoms with Crippen LogP contribution < -0.4 is 4.80 Å². The van der Waals surface area contributed by atoms with Crippen molar-refractivity contribution in [2.75, 3.05) is 26.0 Å². The Morgan fingerprint density at radius 3 is 2.82 bits per heavy atom. The molecule has 2 heterocycles. The Morgan fingerprint density at radius 2 is 2.14 bits per heavy atom. The van der Waals surface area contributed by atoms with Gasteiger partial charge in [-0.25, -0.2) is 17.2 Å². The normalized spacial score (nSPS) is 19.0. The lowest BCUT2D eigenvalue weighted by atomic mass is 10.2. The average Bonchev–Trinajstić information content (AvgIpc) is 3.20. The molecule has 1 aliphatic rings.